The van der Waals surface area contributed by atoms with Crippen LogP contribution in [-0.2, 0) is 6.54 Å². The van der Waals surface area contributed by atoms with Gasteiger partial charge in [-0.25, -0.2) is 0 Å². The summed E-state index contributed by atoms with van der Waals surface area (Å²) < 4.78 is 1.01. The fraction of sp³-hybridized carbons (Fsp3) is 0.429. The standard InChI is InChI=1S/C14H18BrNO/c15-13-5-6-14(17)12(9-13)10-16-8-7-11-3-1-2-4-11/h3,5-6,9,16-17H,1-2,4,7-8,10H2. The molecule has 0 bridgehead atoms. The molecule has 1 aromatic rings. The van der Waals surface area contributed by atoms with Gasteiger partial charge in [-0.1, -0.05) is 27.6 Å². The Morgan fingerprint density at radius 2 is 2.24 bits per heavy atom. The van der Waals surface area contributed by atoms with Crippen LogP contribution in [0.4, 0.5) is 0 Å². The highest BCUT2D eigenvalue weighted by atomic mass is 79.9. The Kier molecular flexibility index (Phi) is 4.63. The molecule has 2 N–H and O–H groups in total. The lowest BCUT2D eigenvalue weighted by atomic mass is 10.1. The van der Waals surface area contributed by atoms with Crippen LogP contribution in [0.1, 0.15) is 31.2 Å². The first-order chi connectivity index (χ1) is 8.25. The van der Waals surface area contributed by atoms with Gasteiger partial charge in [-0.3, -0.25) is 0 Å². The molecule has 1 aliphatic rings. The zero-order chi connectivity index (χ0) is 12.1. The van der Waals surface area contributed by atoms with E-state index in [1.807, 2.05) is 12.1 Å². The molecule has 0 radical (unpaired) electrons. The van der Waals surface area contributed by atoms with Crippen molar-refractivity contribution in [2.45, 2.75) is 32.2 Å². The van der Waals surface area contributed by atoms with E-state index in [2.05, 4.69) is 27.3 Å². The smallest absolute Gasteiger partial charge is 0.120 e. The average molecular weight is 296 g/mol. The quantitative estimate of drug-likeness (QED) is 0.641. The third kappa shape index (κ3) is 3.86. The molecule has 1 aromatic carbocycles. The Bertz CT molecular complexity index is 415. The van der Waals surface area contributed by atoms with Crippen molar-refractivity contribution < 1.29 is 5.11 Å². The summed E-state index contributed by atoms with van der Waals surface area (Å²) in [4.78, 5) is 0. The summed E-state index contributed by atoms with van der Waals surface area (Å²) in [7, 11) is 0. The van der Waals surface area contributed by atoms with Crippen molar-refractivity contribution >= 4 is 15.9 Å². The first kappa shape index (κ1) is 12.7. The molecule has 0 heterocycles. The summed E-state index contributed by atoms with van der Waals surface area (Å²) in [5.74, 6) is 0.362. The van der Waals surface area contributed by atoms with E-state index in [9.17, 15) is 5.11 Å². The van der Waals surface area contributed by atoms with E-state index < -0.39 is 0 Å². The predicted octanol–water partition coefficient (Wildman–Crippen LogP) is 3.74. The number of phenolic OH excluding ortho intramolecular Hbond substituents is 1. The summed E-state index contributed by atoms with van der Waals surface area (Å²) in [5.41, 5.74) is 2.52. The van der Waals surface area contributed by atoms with Gasteiger partial charge in [0.15, 0.2) is 0 Å². The third-order valence-electron chi connectivity index (χ3n) is 3.11. The van der Waals surface area contributed by atoms with Crippen LogP contribution in [0, 0.1) is 0 Å². The molecule has 0 fully saturated rings. The van der Waals surface area contributed by atoms with E-state index in [-0.39, 0.29) is 0 Å². The molecule has 17 heavy (non-hydrogen) atoms. The van der Waals surface area contributed by atoms with Gasteiger partial charge in [-0.05, 0) is 50.4 Å². The molecular formula is C14H18BrNO. The van der Waals surface area contributed by atoms with Gasteiger partial charge in [0.1, 0.15) is 5.75 Å². The van der Waals surface area contributed by atoms with Crippen LogP contribution in [0.3, 0.4) is 0 Å². The summed E-state index contributed by atoms with van der Waals surface area (Å²) in [5, 5.41) is 13.0. The molecule has 0 aliphatic heterocycles. The molecule has 1 aliphatic carbocycles. The van der Waals surface area contributed by atoms with Crippen molar-refractivity contribution in [3.63, 3.8) is 0 Å². The number of hydrogen-bond donors (Lipinski definition) is 2. The number of hydrogen-bond acceptors (Lipinski definition) is 2. The third-order valence-corrected chi connectivity index (χ3v) is 3.61. The van der Waals surface area contributed by atoms with Gasteiger partial charge in [0.2, 0.25) is 0 Å². The van der Waals surface area contributed by atoms with Crippen LogP contribution in [0.5, 0.6) is 5.75 Å². The van der Waals surface area contributed by atoms with Crippen molar-refractivity contribution in [3.8, 4) is 5.75 Å². The maximum Gasteiger partial charge on any atom is 0.120 e. The molecule has 0 saturated heterocycles. The fourth-order valence-corrected chi connectivity index (χ4v) is 2.54. The summed E-state index contributed by atoms with van der Waals surface area (Å²) >= 11 is 3.41. The molecule has 0 saturated carbocycles. The topological polar surface area (TPSA) is 32.3 Å². The molecule has 2 nitrogen and oxygen atoms in total. The van der Waals surface area contributed by atoms with E-state index in [1.54, 1.807) is 11.6 Å². The predicted molar refractivity (Wildman–Crippen MR) is 74.1 cm³/mol. The molecular weight excluding hydrogens is 278 g/mol. The SMILES string of the molecule is Oc1ccc(Br)cc1CNCCC1=CCCC1. The van der Waals surface area contributed by atoms with Gasteiger partial charge in [0.25, 0.3) is 0 Å². The normalized spacial score (nSPS) is 15.0. The zero-order valence-electron chi connectivity index (χ0n) is 9.88. The summed E-state index contributed by atoms with van der Waals surface area (Å²) in [6, 6.07) is 5.53. The average Bonchev–Trinajstić information content (AvgIpc) is 2.82. The van der Waals surface area contributed by atoms with Gasteiger partial charge in [-0.15, -0.1) is 0 Å². The highest BCUT2D eigenvalue weighted by Crippen LogP contribution is 2.22. The van der Waals surface area contributed by atoms with Crippen LogP contribution in [0.25, 0.3) is 0 Å². The monoisotopic (exact) mass is 295 g/mol. The molecule has 3 heteroatoms. The highest BCUT2D eigenvalue weighted by Gasteiger charge is 2.04. The molecule has 92 valence electrons. The van der Waals surface area contributed by atoms with Crippen LogP contribution in [0.2, 0.25) is 0 Å². The molecule has 0 atom stereocenters. The van der Waals surface area contributed by atoms with E-state index >= 15 is 0 Å². The number of aromatic hydroxyl groups is 1. The molecule has 0 unspecified atom stereocenters. The number of rotatable bonds is 5. The minimum absolute atomic E-state index is 0.362. The van der Waals surface area contributed by atoms with E-state index in [0.717, 1.165) is 29.5 Å². The Hall–Kier alpha value is -0.800. The van der Waals surface area contributed by atoms with Gasteiger partial charge in [0, 0.05) is 16.6 Å². The Morgan fingerprint density at radius 1 is 1.35 bits per heavy atom. The van der Waals surface area contributed by atoms with Gasteiger partial charge < -0.3 is 10.4 Å². The van der Waals surface area contributed by atoms with Crippen molar-refractivity contribution in [1.82, 2.24) is 5.32 Å². The van der Waals surface area contributed by atoms with Gasteiger partial charge in [-0.2, -0.15) is 0 Å². The number of phenols is 1. The second kappa shape index (κ2) is 6.22. The van der Waals surface area contributed by atoms with Crippen molar-refractivity contribution in [2.75, 3.05) is 6.54 Å². The molecule has 0 aromatic heterocycles. The first-order valence-electron chi connectivity index (χ1n) is 6.12. The summed E-state index contributed by atoms with van der Waals surface area (Å²) in [6.07, 6.45) is 7.33. The minimum atomic E-state index is 0.362. The van der Waals surface area contributed by atoms with Crippen molar-refractivity contribution in [1.29, 1.82) is 0 Å². The van der Waals surface area contributed by atoms with E-state index in [1.165, 1.54) is 19.3 Å². The van der Waals surface area contributed by atoms with E-state index in [4.69, 9.17) is 0 Å². The Labute approximate surface area is 111 Å². The molecule has 0 amide bonds. The maximum absolute atomic E-state index is 9.67. The second-order valence-electron chi connectivity index (χ2n) is 4.45. The zero-order valence-corrected chi connectivity index (χ0v) is 11.5. The lowest BCUT2D eigenvalue weighted by Gasteiger charge is -2.07. The first-order valence-corrected chi connectivity index (χ1v) is 6.91. The van der Waals surface area contributed by atoms with Crippen LogP contribution in [-0.4, -0.2) is 11.7 Å². The van der Waals surface area contributed by atoms with Crippen molar-refractivity contribution in [2.24, 2.45) is 0 Å². The van der Waals surface area contributed by atoms with E-state index in [0.29, 0.717) is 5.75 Å². The number of halogens is 1. The number of benzene rings is 1. The van der Waals surface area contributed by atoms with Crippen molar-refractivity contribution in [3.05, 3.63) is 39.9 Å². The number of nitrogens with one attached hydrogen (secondary N) is 1. The fourth-order valence-electron chi connectivity index (χ4n) is 2.13. The molecule has 0 spiro atoms. The highest BCUT2D eigenvalue weighted by molar-refractivity contribution is 9.10. The van der Waals surface area contributed by atoms with Crippen LogP contribution in [0.15, 0.2) is 34.3 Å². The second-order valence-corrected chi connectivity index (χ2v) is 5.37. The van der Waals surface area contributed by atoms with Crippen LogP contribution >= 0.6 is 15.9 Å². The van der Waals surface area contributed by atoms with Crippen LogP contribution < -0.4 is 5.32 Å². The van der Waals surface area contributed by atoms with Gasteiger partial charge >= 0.3 is 0 Å². The lowest BCUT2D eigenvalue weighted by Crippen LogP contribution is -2.15. The maximum atomic E-state index is 9.67. The summed E-state index contributed by atoms with van der Waals surface area (Å²) in [6.45, 7) is 1.70. The minimum Gasteiger partial charge on any atom is -0.508 e. The number of allylic oxidation sites excluding steroid dienone is 1. The Balaban J connectivity index is 1.75. The largest absolute Gasteiger partial charge is 0.508 e. The lowest BCUT2D eigenvalue weighted by molar-refractivity contribution is 0.464. The van der Waals surface area contributed by atoms with Gasteiger partial charge in [0.05, 0.1) is 0 Å². The molecule has 2 rings (SSSR count). The Morgan fingerprint density at radius 3 is 3.00 bits per heavy atom.